The van der Waals surface area contributed by atoms with Crippen LogP contribution in [0.3, 0.4) is 0 Å². The summed E-state index contributed by atoms with van der Waals surface area (Å²) >= 11 is 0. The van der Waals surface area contributed by atoms with Gasteiger partial charge in [-0.25, -0.2) is 9.59 Å². The van der Waals surface area contributed by atoms with Crippen molar-refractivity contribution in [2.75, 3.05) is 0 Å². The highest BCUT2D eigenvalue weighted by molar-refractivity contribution is 5.98. The van der Waals surface area contributed by atoms with Gasteiger partial charge >= 0.3 is 11.9 Å². The van der Waals surface area contributed by atoms with Gasteiger partial charge in [-0.3, -0.25) is 0 Å². The number of carbonyl (C=O) groups is 2. The van der Waals surface area contributed by atoms with Gasteiger partial charge in [0.05, 0.1) is 0 Å². The Labute approximate surface area is 118 Å². The maximum atomic E-state index is 11.9. The van der Waals surface area contributed by atoms with Gasteiger partial charge in [-0.1, -0.05) is 12.1 Å². The van der Waals surface area contributed by atoms with Gasteiger partial charge in [0, 0.05) is 0 Å². The fraction of sp³-hybridized carbons (Fsp3) is 0. The largest absolute Gasteiger partial charge is 0.504 e. The van der Waals surface area contributed by atoms with E-state index in [2.05, 4.69) is 0 Å². The third kappa shape index (κ3) is 2.71. The van der Waals surface area contributed by atoms with Crippen LogP contribution >= 0.6 is 0 Å². The number of ether oxygens (including phenoxy) is 1. The Hall–Kier alpha value is -3.22. The SMILES string of the molecule is O=C(Oc1c(O)cccc1C(=O)O)c1cccc(O)c1O. The highest BCUT2D eigenvalue weighted by atomic mass is 16.5. The zero-order valence-electron chi connectivity index (χ0n) is 10.5. The van der Waals surface area contributed by atoms with Gasteiger partial charge in [-0.15, -0.1) is 0 Å². The van der Waals surface area contributed by atoms with Gasteiger partial charge in [-0.05, 0) is 24.3 Å². The van der Waals surface area contributed by atoms with Gasteiger partial charge in [0.25, 0.3) is 0 Å². The predicted octanol–water partition coefficient (Wildman–Crippen LogP) is 1.72. The minimum absolute atomic E-state index is 0.366. The van der Waals surface area contributed by atoms with Gasteiger partial charge < -0.3 is 25.2 Å². The Kier molecular flexibility index (Phi) is 3.66. The van der Waals surface area contributed by atoms with Crippen LogP contribution in [0.5, 0.6) is 23.0 Å². The standard InChI is InChI=1S/C14H10O7/c15-9-5-1-3-7(11(9)17)14(20)21-12-8(13(18)19)4-2-6-10(12)16/h1-6,15-17H,(H,18,19). The van der Waals surface area contributed by atoms with Gasteiger partial charge in [0.2, 0.25) is 0 Å². The number of carbonyl (C=O) groups excluding carboxylic acids is 1. The Morgan fingerprint density at radius 1 is 0.857 bits per heavy atom. The molecule has 0 bridgehead atoms. The van der Waals surface area contributed by atoms with Crippen molar-refractivity contribution in [2.45, 2.75) is 0 Å². The first kappa shape index (κ1) is 14.2. The zero-order chi connectivity index (χ0) is 15.6. The lowest BCUT2D eigenvalue weighted by Crippen LogP contribution is -2.12. The summed E-state index contributed by atoms with van der Waals surface area (Å²) in [5.41, 5.74) is -0.780. The molecule has 108 valence electrons. The van der Waals surface area contributed by atoms with E-state index in [1.807, 2.05) is 0 Å². The summed E-state index contributed by atoms with van der Waals surface area (Å²) in [4.78, 5) is 22.9. The van der Waals surface area contributed by atoms with Crippen molar-refractivity contribution in [1.29, 1.82) is 0 Å². The maximum Gasteiger partial charge on any atom is 0.347 e. The van der Waals surface area contributed by atoms with Crippen LogP contribution < -0.4 is 4.74 Å². The molecule has 2 aromatic carbocycles. The van der Waals surface area contributed by atoms with E-state index in [-0.39, 0.29) is 5.56 Å². The highest BCUT2D eigenvalue weighted by Crippen LogP contribution is 2.33. The van der Waals surface area contributed by atoms with Crippen LogP contribution in [0.2, 0.25) is 0 Å². The molecule has 0 fully saturated rings. The van der Waals surface area contributed by atoms with Crippen molar-refractivity contribution >= 4 is 11.9 Å². The number of benzene rings is 2. The number of esters is 1. The molecule has 0 aliphatic carbocycles. The van der Waals surface area contributed by atoms with Crippen LogP contribution in [0.25, 0.3) is 0 Å². The fourth-order valence-electron chi connectivity index (χ4n) is 1.64. The topological polar surface area (TPSA) is 124 Å². The Bertz CT molecular complexity index is 721. The van der Waals surface area contributed by atoms with Crippen molar-refractivity contribution in [3.63, 3.8) is 0 Å². The number of carboxylic acids is 1. The molecule has 0 unspecified atom stereocenters. The minimum Gasteiger partial charge on any atom is -0.504 e. The molecule has 0 heterocycles. The number of para-hydroxylation sites is 2. The first-order valence-corrected chi connectivity index (χ1v) is 5.70. The minimum atomic E-state index is -1.39. The Morgan fingerprint density at radius 2 is 1.43 bits per heavy atom. The second-order valence-corrected chi connectivity index (χ2v) is 4.02. The summed E-state index contributed by atoms with van der Waals surface area (Å²) in [6, 6.07) is 7.22. The molecule has 0 aromatic heterocycles. The lowest BCUT2D eigenvalue weighted by atomic mass is 10.1. The molecule has 7 nitrogen and oxygen atoms in total. The van der Waals surface area contributed by atoms with Crippen LogP contribution in [0.1, 0.15) is 20.7 Å². The molecule has 21 heavy (non-hydrogen) atoms. The van der Waals surface area contributed by atoms with E-state index in [4.69, 9.17) is 9.84 Å². The fourth-order valence-corrected chi connectivity index (χ4v) is 1.64. The smallest absolute Gasteiger partial charge is 0.347 e. The van der Waals surface area contributed by atoms with Crippen molar-refractivity contribution < 1.29 is 34.8 Å². The lowest BCUT2D eigenvalue weighted by Gasteiger charge is -2.10. The number of carboxylic acid groups (broad SMARTS) is 1. The molecule has 0 amide bonds. The van der Waals surface area contributed by atoms with Gasteiger partial charge in [-0.2, -0.15) is 0 Å². The van der Waals surface area contributed by atoms with E-state index in [9.17, 15) is 24.9 Å². The average Bonchev–Trinajstić information content (AvgIpc) is 2.43. The summed E-state index contributed by atoms with van der Waals surface area (Å²) in [6.45, 7) is 0. The number of aromatic carboxylic acids is 1. The van der Waals surface area contributed by atoms with Crippen LogP contribution in [-0.2, 0) is 0 Å². The van der Waals surface area contributed by atoms with E-state index in [1.54, 1.807) is 0 Å². The molecule has 0 atom stereocenters. The number of hydrogen-bond donors (Lipinski definition) is 4. The van der Waals surface area contributed by atoms with Crippen molar-refractivity contribution in [3.05, 3.63) is 47.5 Å². The third-order valence-electron chi connectivity index (χ3n) is 2.65. The number of phenols is 3. The number of hydrogen-bond acceptors (Lipinski definition) is 6. The molecule has 0 aliphatic heterocycles. The van der Waals surface area contributed by atoms with E-state index in [1.165, 1.54) is 18.2 Å². The zero-order valence-corrected chi connectivity index (χ0v) is 10.5. The number of rotatable bonds is 3. The molecule has 0 spiro atoms. The first-order valence-electron chi connectivity index (χ1n) is 5.70. The Morgan fingerprint density at radius 3 is 2.05 bits per heavy atom. The van der Waals surface area contributed by atoms with E-state index in [0.717, 1.165) is 18.2 Å². The summed E-state index contributed by atoms with van der Waals surface area (Å²) in [5, 5.41) is 37.5. The van der Waals surface area contributed by atoms with Crippen molar-refractivity contribution in [2.24, 2.45) is 0 Å². The van der Waals surface area contributed by atoms with Crippen LogP contribution in [0.4, 0.5) is 0 Å². The second-order valence-electron chi connectivity index (χ2n) is 4.02. The maximum absolute atomic E-state index is 11.9. The molecule has 7 heteroatoms. The van der Waals surface area contributed by atoms with Crippen LogP contribution in [-0.4, -0.2) is 32.4 Å². The molecular weight excluding hydrogens is 280 g/mol. The second kappa shape index (κ2) is 5.41. The third-order valence-corrected chi connectivity index (χ3v) is 2.65. The monoisotopic (exact) mass is 290 g/mol. The summed E-state index contributed by atoms with van der Waals surface area (Å²) in [7, 11) is 0. The molecule has 4 N–H and O–H groups in total. The number of phenolic OH excluding ortho intramolecular Hbond substituents is 3. The average molecular weight is 290 g/mol. The molecule has 0 saturated heterocycles. The normalized spacial score (nSPS) is 10.1. The van der Waals surface area contributed by atoms with E-state index in [0.29, 0.717) is 0 Å². The highest BCUT2D eigenvalue weighted by Gasteiger charge is 2.22. The molecule has 2 aromatic rings. The molecular formula is C14H10O7. The first-order chi connectivity index (χ1) is 9.91. The van der Waals surface area contributed by atoms with Crippen LogP contribution in [0.15, 0.2) is 36.4 Å². The summed E-state index contributed by atoms with van der Waals surface area (Å²) < 4.78 is 4.82. The predicted molar refractivity (Wildman–Crippen MR) is 69.8 cm³/mol. The van der Waals surface area contributed by atoms with Crippen molar-refractivity contribution in [1.82, 2.24) is 0 Å². The molecule has 2 rings (SSSR count). The van der Waals surface area contributed by atoms with E-state index < -0.39 is 40.5 Å². The van der Waals surface area contributed by atoms with E-state index >= 15 is 0 Å². The lowest BCUT2D eigenvalue weighted by molar-refractivity contribution is 0.0677. The molecule has 0 aliphatic rings. The summed E-state index contributed by atoms with van der Waals surface area (Å²) in [5.74, 6) is -4.82. The van der Waals surface area contributed by atoms with Crippen molar-refractivity contribution in [3.8, 4) is 23.0 Å². The Balaban J connectivity index is 2.41. The summed E-state index contributed by atoms with van der Waals surface area (Å²) in [6.07, 6.45) is 0. The van der Waals surface area contributed by atoms with Crippen LogP contribution in [0, 0.1) is 0 Å². The molecule has 0 radical (unpaired) electrons. The number of aromatic hydroxyl groups is 3. The molecule has 0 saturated carbocycles. The quantitative estimate of drug-likeness (QED) is 0.385. The van der Waals surface area contributed by atoms with Gasteiger partial charge in [0.1, 0.15) is 11.1 Å². The van der Waals surface area contributed by atoms with Gasteiger partial charge in [0.15, 0.2) is 23.0 Å².